The van der Waals surface area contributed by atoms with Gasteiger partial charge in [-0.1, -0.05) is 54.4 Å². The minimum Gasteiger partial charge on any atom is -0.543 e. The van der Waals surface area contributed by atoms with Gasteiger partial charge in [-0.25, -0.2) is 0 Å². The molecule has 1 aliphatic rings. The monoisotopic (exact) mass is 450 g/mol. The van der Waals surface area contributed by atoms with Crippen molar-refractivity contribution in [2.24, 2.45) is 0 Å². The van der Waals surface area contributed by atoms with Crippen LogP contribution in [-0.4, -0.2) is 19.2 Å². The van der Waals surface area contributed by atoms with E-state index in [1.165, 1.54) is 5.57 Å². The van der Waals surface area contributed by atoms with E-state index in [4.69, 9.17) is 9.16 Å². The summed E-state index contributed by atoms with van der Waals surface area (Å²) in [5, 5.41) is 1.11. The lowest BCUT2D eigenvalue weighted by Crippen LogP contribution is -2.43. The Morgan fingerprint density at radius 3 is 2.56 bits per heavy atom. The highest BCUT2D eigenvalue weighted by Gasteiger charge is 2.39. The zero-order valence-electron chi connectivity index (χ0n) is 18.2. The number of benzene rings is 1. The van der Waals surface area contributed by atoms with Crippen molar-refractivity contribution in [3.8, 4) is 11.5 Å². The maximum Gasteiger partial charge on any atom is 0.250 e. The van der Waals surface area contributed by atoms with Crippen molar-refractivity contribution in [1.82, 2.24) is 0 Å². The second-order valence-electron chi connectivity index (χ2n) is 9.49. The first kappa shape index (κ1) is 22.3. The molecule has 1 aromatic carbocycles. The van der Waals surface area contributed by atoms with Crippen LogP contribution in [0.5, 0.6) is 11.5 Å². The highest BCUT2D eigenvalue weighted by molar-refractivity contribution is 9.09. The molecule has 150 valence electrons. The van der Waals surface area contributed by atoms with E-state index in [9.17, 15) is 0 Å². The molecular formula is C23H35BrO2Si. The molecule has 0 radical (unpaired) electrons. The summed E-state index contributed by atoms with van der Waals surface area (Å²) < 4.78 is 13.0. The van der Waals surface area contributed by atoms with Gasteiger partial charge in [0.25, 0.3) is 0 Å². The fourth-order valence-corrected chi connectivity index (χ4v) is 4.11. The van der Waals surface area contributed by atoms with E-state index in [2.05, 4.69) is 101 Å². The smallest absolute Gasteiger partial charge is 0.250 e. The van der Waals surface area contributed by atoms with E-state index in [1.807, 2.05) is 0 Å². The summed E-state index contributed by atoms with van der Waals surface area (Å²) >= 11 is 3.50. The van der Waals surface area contributed by atoms with E-state index >= 15 is 0 Å². The van der Waals surface area contributed by atoms with Crippen LogP contribution < -0.4 is 9.16 Å². The van der Waals surface area contributed by atoms with Gasteiger partial charge in [-0.2, -0.15) is 0 Å². The van der Waals surface area contributed by atoms with Crippen molar-refractivity contribution in [3.63, 3.8) is 0 Å². The number of allylic oxidation sites excluding steroid dienone is 2. The van der Waals surface area contributed by atoms with E-state index in [0.717, 1.165) is 40.8 Å². The van der Waals surface area contributed by atoms with E-state index in [1.54, 1.807) is 0 Å². The van der Waals surface area contributed by atoms with Gasteiger partial charge in [-0.3, -0.25) is 0 Å². The largest absolute Gasteiger partial charge is 0.543 e. The lowest BCUT2D eigenvalue weighted by Gasteiger charge is -2.37. The Hall–Kier alpha value is -1.00. The van der Waals surface area contributed by atoms with Crippen LogP contribution in [0.15, 0.2) is 29.9 Å². The second kappa shape index (κ2) is 8.16. The Bertz CT molecular complexity index is 743. The first-order valence-corrected chi connectivity index (χ1v) is 13.8. The molecule has 0 fully saturated rings. The van der Waals surface area contributed by atoms with Crippen molar-refractivity contribution in [3.05, 3.63) is 41.0 Å². The van der Waals surface area contributed by atoms with Crippen LogP contribution in [-0.2, 0) is 0 Å². The van der Waals surface area contributed by atoms with Gasteiger partial charge in [-0.05, 0) is 75.5 Å². The number of hydrogen-bond donors (Lipinski definition) is 0. The molecule has 2 nitrogen and oxygen atoms in total. The summed E-state index contributed by atoms with van der Waals surface area (Å²) in [6.07, 6.45) is 8.66. The molecular weight excluding hydrogens is 416 g/mol. The predicted octanol–water partition coefficient (Wildman–Crippen LogP) is 7.66. The zero-order chi connectivity index (χ0) is 20.5. The van der Waals surface area contributed by atoms with E-state index in [0.29, 0.717) is 0 Å². The highest BCUT2D eigenvalue weighted by atomic mass is 79.9. The number of halogens is 1. The summed E-state index contributed by atoms with van der Waals surface area (Å²) in [6, 6.07) is 4.27. The lowest BCUT2D eigenvalue weighted by atomic mass is 9.93. The summed E-state index contributed by atoms with van der Waals surface area (Å²) in [7, 11) is -1.85. The van der Waals surface area contributed by atoms with Crippen LogP contribution >= 0.6 is 15.9 Å². The number of alkyl halides is 1. The molecule has 2 rings (SSSR count). The molecule has 0 spiro atoms. The van der Waals surface area contributed by atoms with Crippen molar-refractivity contribution in [2.45, 2.75) is 78.1 Å². The van der Waals surface area contributed by atoms with Gasteiger partial charge < -0.3 is 9.16 Å². The Balaban J connectivity index is 2.20. The molecule has 0 aliphatic carbocycles. The average molecular weight is 452 g/mol. The van der Waals surface area contributed by atoms with Gasteiger partial charge >= 0.3 is 0 Å². The van der Waals surface area contributed by atoms with Crippen molar-refractivity contribution in [1.29, 1.82) is 0 Å². The summed E-state index contributed by atoms with van der Waals surface area (Å²) in [6.45, 7) is 17.8. The number of rotatable bonds is 6. The molecule has 1 aliphatic heterocycles. The molecule has 1 unspecified atom stereocenters. The molecule has 0 N–H and O–H groups in total. The normalized spacial score (nSPS) is 20.3. The zero-order valence-corrected chi connectivity index (χ0v) is 20.8. The van der Waals surface area contributed by atoms with Crippen LogP contribution in [0, 0.1) is 6.92 Å². The minimum absolute atomic E-state index is 0.183. The van der Waals surface area contributed by atoms with Gasteiger partial charge in [-0.15, -0.1) is 0 Å². The highest BCUT2D eigenvalue weighted by Crippen LogP contribution is 2.41. The Labute approximate surface area is 175 Å². The molecule has 27 heavy (non-hydrogen) atoms. The third-order valence-corrected chi connectivity index (χ3v) is 11.0. The van der Waals surface area contributed by atoms with Crippen LogP contribution in [0.4, 0.5) is 0 Å². The molecule has 0 amide bonds. The standard InChI is InChI=1S/C23H35BrO2Si/c1-17(16-24)10-9-12-23(6)13-11-19-15-20(14-18(2)21(19)25-23)26-27(7,8)22(3,4)5/h10-11,13-15H,9,12,16H2,1-8H3/b17-10+. The molecule has 0 bridgehead atoms. The molecule has 4 heteroatoms. The molecule has 0 saturated heterocycles. The second-order valence-corrected chi connectivity index (χ2v) is 14.8. The van der Waals surface area contributed by atoms with Crippen LogP contribution in [0.1, 0.15) is 58.6 Å². The number of fused-ring (bicyclic) bond motifs is 1. The van der Waals surface area contributed by atoms with Gasteiger partial charge in [0, 0.05) is 10.9 Å². The minimum atomic E-state index is -1.85. The lowest BCUT2D eigenvalue weighted by molar-refractivity contribution is 0.127. The SMILES string of the molecule is C/C(=C\CCC1(C)C=Cc2cc(O[Si](C)(C)C(C)(C)C)cc(C)c2O1)CBr. The van der Waals surface area contributed by atoms with E-state index in [-0.39, 0.29) is 10.6 Å². The number of hydrogen-bond acceptors (Lipinski definition) is 2. The molecule has 0 saturated carbocycles. The fourth-order valence-electron chi connectivity index (χ4n) is 2.86. The van der Waals surface area contributed by atoms with Crippen molar-refractivity contribution >= 4 is 30.3 Å². The van der Waals surface area contributed by atoms with Gasteiger partial charge in [0.2, 0.25) is 8.32 Å². The van der Waals surface area contributed by atoms with Crippen LogP contribution in [0.2, 0.25) is 18.1 Å². The maximum atomic E-state index is 6.51. The Morgan fingerprint density at radius 1 is 1.30 bits per heavy atom. The van der Waals surface area contributed by atoms with Gasteiger partial charge in [0.1, 0.15) is 17.1 Å². The summed E-state index contributed by atoms with van der Waals surface area (Å²) in [5.74, 6) is 1.95. The third kappa shape index (κ3) is 5.51. The Kier molecular flexibility index (Phi) is 6.74. The summed E-state index contributed by atoms with van der Waals surface area (Å²) in [5.41, 5.74) is 3.36. The Morgan fingerprint density at radius 2 is 1.96 bits per heavy atom. The molecule has 1 heterocycles. The predicted molar refractivity (Wildman–Crippen MR) is 124 cm³/mol. The van der Waals surface area contributed by atoms with Crippen LogP contribution in [0.3, 0.4) is 0 Å². The summed E-state index contributed by atoms with van der Waals surface area (Å²) in [4.78, 5) is 0. The third-order valence-electron chi connectivity index (χ3n) is 5.75. The maximum absolute atomic E-state index is 6.51. The topological polar surface area (TPSA) is 18.5 Å². The fraction of sp³-hybridized carbons (Fsp3) is 0.565. The first-order valence-electron chi connectivity index (χ1n) is 9.80. The van der Waals surface area contributed by atoms with Crippen LogP contribution in [0.25, 0.3) is 6.08 Å². The first-order chi connectivity index (χ1) is 12.4. The average Bonchev–Trinajstić information content (AvgIpc) is 2.54. The molecule has 1 aromatic rings. The quantitative estimate of drug-likeness (QED) is 0.251. The molecule has 0 aromatic heterocycles. The van der Waals surface area contributed by atoms with Crippen molar-refractivity contribution < 1.29 is 9.16 Å². The van der Waals surface area contributed by atoms with Crippen molar-refractivity contribution in [2.75, 3.05) is 5.33 Å². The van der Waals surface area contributed by atoms with Gasteiger partial charge in [0.15, 0.2) is 0 Å². The number of aryl methyl sites for hydroxylation is 1. The van der Waals surface area contributed by atoms with E-state index < -0.39 is 8.32 Å². The molecule has 1 atom stereocenters. The number of ether oxygens (including phenoxy) is 1. The van der Waals surface area contributed by atoms with Gasteiger partial charge in [0.05, 0.1) is 0 Å².